The Morgan fingerprint density at radius 3 is 2.58 bits per heavy atom. The normalized spacial score (nSPS) is 11.4. The summed E-state index contributed by atoms with van der Waals surface area (Å²) in [6.45, 7) is 2.11. The third-order valence-electron chi connectivity index (χ3n) is 1.87. The minimum Gasteiger partial charge on any atom is -0.202 e. The van der Waals surface area contributed by atoms with E-state index in [0.717, 1.165) is 0 Å². The van der Waals surface area contributed by atoms with Crippen LogP contribution in [0.2, 0.25) is 0 Å². The van der Waals surface area contributed by atoms with Crippen molar-refractivity contribution in [1.82, 2.24) is 5.43 Å². The third kappa shape index (κ3) is 2.09. The van der Waals surface area contributed by atoms with Crippen LogP contribution in [0.5, 0.6) is 0 Å². The fourth-order valence-corrected chi connectivity index (χ4v) is 1.00. The largest absolute Gasteiger partial charge is 0.202 e. The Labute approximate surface area is 73.5 Å². The zero-order valence-corrected chi connectivity index (χ0v) is 7.83. The highest BCUT2D eigenvalue weighted by Gasteiger charge is 1.97. The van der Waals surface area contributed by atoms with Crippen LogP contribution in [0.15, 0.2) is 24.3 Å². The molecule has 0 aliphatic heterocycles. The highest BCUT2D eigenvalue weighted by molar-refractivity contribution is 5.77. The van der Waals surface area contributed by atoms with Gasteiger partial charge in [-0.3, -0.25) is 0 Å². The Balaban J connectivity index is 2.96. The highest BCUT2D eigenvalue weighted by atomic mass is 15.4. The van der Waals surface area contributed by atoms with E-state index in [1.54, 1.807) is 0 Å². The Kier molecular flexibility index (Phi) is 2.86. The van der Waals surface area contributed by atoms with Crippen molar-refractivity contribution in [2.45, 2.75) is 6.92 Å². The fraction of sp³-hybridized carbons (Fsp3) is 0.300. The summed E-state index contributed by atoms with van der Waals surface area (Å²) in [5.74, 6) is 0. The average molecular weight is 163 g/mol. The van der Waals surface area contributed by atoms with E-state index in [1.165, 1.54) is 11.1 Å². The molecule has 0 heterocycles. The van der Waals surface area contributed by atoms with E-state index in [0.29, 0.717) is 0 Å². The first kappa shape index (κ1) is 8.78. The molecule has 0 saturated carbocycles. The number of aryl methyl sites for hydroxylation is 1. The maximum atomic E-state index is 3.02. The number of hydrogen-bond acceptors (Lipinski definition) is 1. The summed E-state index contributed by atoms with van der Waals surface area (Å²) in [7, 11) is 3.88. The molecule has 0 aromatic heterocycles. The van der Waals surface area contributed by atoms with Gasteiger partial charge in [-0.25, -0.2) is 5.43 Å². The lowest BCUT2D eigenvalue weighted by Crippen LogP contribution is -2.21. The van der Waals surface area contributed by atoms with Crippen molar-refractivity contribution in [3.8, 4) is 0 Å². The molecule has 0 bridgehead atoms. The van der Waals surface area contributed by atoms with Gasteiger partial charge in [0.1, 0.15) is 0 Å². The molecule has 64 valence electrons. The summed E-state index contributed by atoms with van der Waals surface area (Å²) in [4.78, 5) is 0. The second-order valence-corrected chi connectivity index (χ2v) is 2.82. The lowest BCUT2D eigenvalue weighted by Gasteiger charge is -1.97. The molecule has 1 rings (SSSR count). The molecule has 0 aliphatic carbocycles. The van der Waals surface area contributed by atoms with Crippen LogP contribution in [0.1, 0.15) is 11.1 Å². The monoisotopic (exact) mass is 163 g/mol. The minimum absolute atomic E-state index is 1.24. The number of rotatable bonds is 2. The van der Waals surface area contributed by atoms with Crippen LogP contribution < -0.4 is 5.43 Å². The van der Waals surface area contributed by atoms with E-state index < -0.39 is 0 Å². The van der Waals surface area contributed by atoms with Crippen LogP contribution in [-0.4, -0.2) is 25.0 Å². The summed E-state index contributed by atoms with van der Waals surface area (Å²) < 4.78 is 1.93. The number of nitrogens with one attached hydrogen (secondary N) is 1. The maximum Gasteiger partial charge on any atom is 0.200 e. The molecule has 0 unspecified atom stereocenters. The third-order valence-corrected chi connectivity index (χ3v) is 1.87. The molecule has 12 heavy (non-hydrogen) atoms. The van der Waals surface area contributed by atoms with Crippen LogP contribution in [0, 0.1) is 6.92 Å². The summed E-state index contributed by atoms with van der Waals surface area (Å²) in [5.41, 5.74) is 5.55. The molecule has 0 radical (unpaired) electrons. The van der Waals surface area contributed by atoms with Gasteiger partial charge in [-0.15, -0.1) is 4.68 Å². The lowest BCUT2D eigenvalue weighted by molar-refractivity contribution is -0.550. The van der Waals surface area contributed by atoms with Crippen molar-refractivity contribution in [3.63, 3.8) is 0 Å². The van der Waals surface area contributed by atoms with Crippen molar-refractivity contribution in [2.75, 3.05) is 14.1 Å². The topological polar surface area (TPSA) is 15.0 Å². The van der Waals surface area contributed by atoms with Crippen LogP contribution >= 0.6 is 0 Å². The average Bonchev–Trinajstić information content (AvgIpc) is 2.09. The Morgan fingerprint density at radius 2 is 2.00 bits per heavy atom. The number of hydrogen-bond donors (Lipinski definition) is 1. The zero-order chi connectivity index (χ0) is 8.97. The van der Waals surface area contributed by atoms with Crippen LogP contribution in [-0.2, 0) is 0 Å². The summed E-state index contributed by atoms with van der Waals surface area (Å²) in [6.07, 6.45) is 2.06. The van der Waals surface area contributed by atoms with E-state index in [-0.39, 0.29) is 0 Å². The zero-order valence-electron chi connectivity index (χ0n) is 7.83. The first-order valence-electron chi connectivity index (χ1n) is 4.05. The molecule has 2 heteroatoms. The second-order valence-electron chi connectivity index (χ2n) is 2.82. The van der Waals surface area contributed by atoms with Crippen LogP contribution in [0.25, 0.3) is 0 Å². The van der Waals surface area contributed by atoms with E-state index in [2.05, 4.69) is 30.7 Å². The predicted octanol–water partition coefficient (Wildman–Crippen LogP) is 1.19. The molecule has 0 saturated heterocycles. The molecule has 1 aromatic carbocycles. The number of nitrogens with zero attached hydrogens (tertiary/aromatic N) is 1. The molecule has 1 aromatic rings. The first-order chi connectivity index (χ1) is 5.74. The smallest absolute Gasteiger partial charge is 0.200 e. The molecule has 0 aliphatic rings. The summed E-state index contributed by atoms with van der Waals surface area (Å²) in [5, 5.41) is 0. The van der Waals surface area contributed by atoms with Gasteiger partial charge in [0.15, 0.2) is 13.3 Å². The van der Waals surface area contributed by atoms with Crippen molar-refractivity contribution in [1.29, 1.82) is 0 Å². The summed E-state index contributed by atoms with van der Waals surface area (Å²) >= 11 is 0. The fourth-order valence-electron chi connectivity index (χ4n) is 1.00. The Morgan fingerprint density at radius 1 is 1.33 bits per heavy atom. The van der Waals surface area contributed by atoms with Crippen molar-refractivity contribution >= 4 is 6.21 Å². The minimum atomic E-state index is 1.24. The number of hydrazone groups is 1. The van der Waals surface area contributed by atoms with Gasteiger partial charge in [-0.05, 0) is 18.6 Å². The molecular formula is C10H15N2+. The van der Waals surface area contributed by atoms with Crippen molar-refractivity contribution in [3.05, 3.63) is 35.4 Å². The molecule has 0 spiro atoms. The standard InChI is InChI=1S/C10H15N2/c1-9-6-4-5-7-10(9)8-12(3)11-2/h4-8,11H,1-3H3/q+1/b12-8+. The quantitative estimate of drug-likeness (QED) is 0.393. The van der Waals surface area contributed by atoms with Crippen LogP contribution in [0.4, 0.5) is 0 Å². The van der Waals surface area contributed by atoms with Gasteiger partial charge in [0.25, 0.3) is 0 Å². The van der Waals surface area contributed by atoms with Crippen LogP contribution in [0.3, 0.4) is 0 Å². The molecule has 0 fully saturated rings. The molecule has 0 amide bonds. The van der Waals surface area contributed by atoms with Crippen molar-refractivity contribution in [2.24, 2.45) is 0 Å². The van der Waals surface area contributed by atoms with Gasteiger partial charge < -0.3 is 0 Å². The van der Waals surface area contributed by atoms with Gasteiger partial charge >= 0.3 is 0 Å². The molecule has 0 atom stereocenters. The SMILES string of the molecule is CN/[N+](C)=C/c1ccccc1C. The molecule has 2 nitrogen and oxygen atoms in total. The predicted molar refractivity (Wildman–Crippen MR) is 51.6 cm³/mol. The lowest BCUT2D eigenvalue weighted by atomic mass is 10.1. The van der Waals surface area contributed by atoms with Gasteiger partial charge in [-0.1, -0.05) is 18.2 Å². The van der Waals surface area contributed by atoms with Gasteiger partial charge in [0, 0.05) is 5.56 Å². The van der Waals surface area contributed by atoms with E-state index in [9.17, 15) is 0 Å². The van der Waals surface area contributed by atoms with E-state index >= 15 is 0 Å². The van der Waals surface area contributed by atoms with Crippen molar-refractivity contribution < 1.29 is 4.68 Å². The maximum absolute atomic E-state index is 3.02. The highest BCUT2D eigenvalue weighted by Crippen LogP contribution is 2.02. The van der Waals surface area contributed by atoms with E-state index in [1.807, 2.05) is 30.9 Å². The summed E-state index contributed by atoms with van der Waals surface area (Å²) in [6, 6.07) is 8.30. The Bertz CT molecular complexity index is 290. The Hall–Kier alpha value is -1.31. The number of benzene rings is 1. The van der Waals surface area contributed by atoms with Gasteiger partial charge in [0.2, 0.25) is 0 Å². The second kappa shape index (κ2) is 3.90. The van der Waals surface area contributed by atoms with Gasteiger partial charge in [-0.2, -0.15) is 0 Å². The first-order valence-corrected chi connectivity index (χ1v) is 4.05. The van der Waals surface area contributed by atoms with Gasteiger partial charge in [0.05, 0.1) is 7.05 Å². The molecule has 1 N–H and O–H groups in total. The molecular weight excluding hydrogens is 148 g/mol. The van der Waals surface area contributed by atoms with E-state index in [4.69, 9.17) is 0 Å². The number of hydrazine groups is 1.